The molecule has 3 bridgehead atoms. The number of rotatable bonds is 4. The Morgan fingerprint density at radius 1 is 1.21 bits per heavy atom. The summed E-state index contributed by atoms with van der Waals surface area (Å²) < 4.78 is 65.5. The summed E-state index contributed by atoms with van der Waals surface area (Å²) in [6.07, 6.45) is 5.67. The highest BCUT2D eigenvalue weighted by atomic mass is 32.2. The number of amides is 2. The third-order valence-electron chi connectivity index (χ3n) is 8.45. The number of nitrogens with zero attached hydrogens (tertiary/aromatic N) is 1. The Balaban J connectivity index is 0.000000235. The van der Waals surface area contributed by atoms with Crippen LogP contribution >= 0.6 is 0 Å². The van der Waals surface area contributed by atoms with Crippen LogP contribution in [0.2, 0.25) is 0 Å². The fourth-order valence-corrected chi connectivity index (χ4v) is 8.87. The number of halogens is 3. The van der Waals surface area contributed by atoms with Crippen LogP contribution in [0.4, 0.5) is 18.0 Å². The fourth-order valence-electron chi connectivity index (χ4n) is 6.97. The molecule has 5 rings (SSSR count). The molecule has 2 amide bonds. The average Bonchev–Trinajstić information content (AvgIpc) is 3.43. The molecule has 1 aromatic carbocycles. The van der Waals surface area contributed by atoms with Gasteiger partial charge in [0.1, 0.15) is 0 Å². The van der Waals surface area contributed by atoms with Gasteiger partial charge in [0.25, 0.3) is 0 Å². The van der Waals surface area contributed by atoms with Crippen LogP contribution in [0.15, 0.2) is 29.2 Å². The molecule has 6 nitrogen and oxygen atoms in total. The second-order valence-electron chi connectivity index (χ2n) is 10.6. The van der Waals surface area contributed by atoms with Gasteiger partial charge in [-0.05, 0) is 86.7 Å². The van der Waals surface area contributed by atoms with Gasteiger partial charge in [-0.15, -0.1) is 0 Å². The molecular formula is C24H36F3N3O3S. The van der Waals surface area contributed by atoms with Crippen molar-refractivity contribution in [3.05, 3.63) is 29.8 Å². The van der Waals surface area contributed by atoms with Gasteiger partial charge in [0.2, 0.25) is 10.0 Å². The zero-order valence-corrected chi connectivity index (χ0v) is 20.3. The molecule has 1 aromatic rings. The van der Waals surface area contributed by atoms with Crippen LogP contribution in [0.1, 0.15) is 65.3 Å². The Bertz CT molecular complexity index is 1020. The van der Waals surface area contributed by atoms with Crippen LogP contribution in [-0.4, -0.2) is 37.9 Å². The minimum atomic E-state index is -4.77. The SMILES string of the molecule is CC1C[C@@H]2C[C@H]3CCC1(C3)C2.NC(=O)NCC1CCCN1S(=O)(=O)c1ccccc1C(F)(F)F.[HH]. The number of benzene rings is 1. The van der Waals surface area contributed by atoms with E-state index in [-0.39, 0.29) is 14.5 Å². The van der Waals surface area contributed by atoms with Gasteiger partial charge in [-0.3, -0.25) is 0 Å². The van der Waals surface area contributed by atoms with Crippen LogP contribution in [0.3, 0.4) is 0 Å². The summed E-state index contributed by atoms with van der Waals surface area (Å²) in [6, 6.07) is 2.63. The Labute approximate surface area is 201 Å². The van der Waals surface area contributed by atoms with E-state index in [2.05, 4.69) is 12.2 Å². The van der Waals surface area contributed by atoms with Crippen LogP contribution < -0.4 is 11.1 Å². The molecule has 10 heteroatoms. The summed E-state index contributed by atoms with van der Waals surface area (Å²) in [7, 11) is -4.33. The van der Waals surface area contributed by atoms with Gasteiger partial charge in [-0.25, -0.2) is 13.2 Å². The highest BCUT2D eigenvalue weighted by Crippen LogP contribution is 2.64. The van der Waals surface area contributed by atoms with Crippen molar-refractivity contribution in [3.63, 3.8) is 0 Å². The first kappa shape index (κ1) is 25.3. The molecule has 1 heterocycles. The number of hydrogen-bond acceptors (Lipinski definition) is 3. The van der Waals surface area contributed by atoms with E-state index in [0.717, 1.165) is 45.7 Å². The van der Waals surface area contributed by atoms with Crippen LogP contribution in [0, 0.1) is 23.2 Å². The quantitative estimate of drug-likeness (QED) is 0.606. The Morgan fingerprint density at radius 2 is 1.91 bits per heavy atom. The van der Waals surface area contributed by atoms with E-state index in [1.165, 1.54) is 6.07 Å². The first-order valence-corrected chi connectivity index (χ1v) is 13.6. The predicted octanol–water partition coefficient (Wildman–Crippen LogP) is 5.00. The van der Waals surface area contributed by atoms with Gasteiger partial charge in [0.05, 0.1) is 10.5 Å². The third-order valence-corrected chi connectivity index (χ3v) is 10.5. The molecule has 3 saturated carbocycles. The molecule has 3 aliphatic carbocycles. The number of fused-ring (bicyclic) bond motifs is 2. The number of sulfonamides is 1. The maximum Gasteiger partial charge on any atom is 0.417 e. The molecule has 34 heavy (non-hydrogen) atoms. The second-order valence-corrected chi connectivity index (χ2v) is 12.4. The number of hydrogen-bond donors (Lipinski definition) is 2. The zero-order valence-electron chi connectivity index (χ0n) is 19.5. The lowest BCUT2D eigenvalue weighted by atomic mass is 9.74. The van der Waals surface area contributed by atoms with Gasteiger partial charge >= 0.3 is 12.2 Å². The minimum absolute atomic E-state index is 0. The number of alkyl halides is 3. The summed E-state index contributed by atoms with van der Waals surface area (Å²) in [4.78, 5) is 9.98. The smallest absolute Gasteiger partial charge is 0.352 e. The zero-order chi connectivity index (χ0) is 24.7. The minimum Gasteiger partial charge on any atom is -0.352 e. The van der Waals surface area contributed by atoms with Crippen molar-refractivity contribution in [2.24, 2.45) is 28.9 Å². The highest BCUT2D eigenvalue weighted by Gasteiger charge is 2.53. The molecule has 4 aliphatic rings. The molecule has 0 aromatic heterocycles. The highest BCUT2D eigenvalue weighted by molar-refractivity contribution is 7.89. The number of primary amides is 1. The number of urea groups is 1. The third kappa shape index (κ3) is 4.94. The summed E-state index contributed by atoms with van der Waals surface area (Å²) in [5, 5.41) is 2.30. The van der Waals surface area contributed by atoms with Gasteiger partial charge in [0.15, 0.2) is 0 Å². The van der Waals surface area contributed by atoms with E-state index in [1.54, 1.807) is 38.5 Å². The molecule has 5 atom stereocenters. The standard InChI is InChI=1S/C13H16F3N3O3S.C11H18.H2/c14-13(15,16)10-5-1-2-6-11(10)23(21,22)19-7-3-4-9(19)8-18-12(17)20;1-8-4-10-5-9-2-3-11(8,6-9)7-10;/h1-2,5-6,9H,3-4,7-8H2,(H3,17,18,20);8-10H,2-7H2,1H3;1H/t;8?,9-,10-,11?;/m.1./s1. The monoisotopic (exact) mass is 503 g/mol. The summed E-state index contributed by atoms with van der Waals surface area (Å²) in [5.41, 5.74) is 4.62. The predicted molar refractivity (Wildman–Crippen MR) is 124 cm³/mol. The Kier molecular flexibility index (Phi) is 6.94. The van der Waals surface area contributed by atoms with E-state index in [1.807, 2.05) is 0 Å². The Morgan fingerprint density at radius 3 is 2.62 bits per heavy atom. The van der Waals surface area contributed by atoms with Crippen molar-refractivity contribution >= 4 is 16.1 Å². The molecule has 3 unspecified atom stereocenters. The normalized spacial score (nSPS) is 32.8. The molecule has 192 valence electrons. The largest absolute Gasteiger partial charge is 0.417 e. The van der Waals surface area contributed by atoms with Crippen molar-refractivity contribution in [3.8, 4) is 0 Å². The fraction of sp³-hybridized carbons (Fsp3) is 0.708. The van der Waals surface area contributed by atoms with Crippen molar-refractivity contribution < 1.29 is 27.8 Å². The van der Waals surface area contributed by atoms with Crippen molar-refractivity contribution in [2.75, 3.05) is 13.1 Å². The van der Waals surface area contributed by atoms with Gasteiger partial charge < -0.3 is 11.1 Å². The van der Waals surface area contributed by atoms with E-state index in [0.29, 0.717) is 12.8 Å². The van der Waals surface area contributed by atoms with Crippen LogP contribution in [0.5, 0.6) is 0 Å². The van der Waals surface area contributed by atoms with E-state index < -0.39 is 38.7 Å². The lowest BCUT2D eigenvalue weighted by Gasteiger charge is -2.31. The number of carbonyl (C=O) groups is 1. The molecule has 1 saturated heterocycles. The molecule has 3 N–H and O–H groups in total. The van der Waals surface area contributed by atoms with Gasteiger partial charge in [-0.2, -0.15) is 17.5 Å². The van der Waals surface area contributed by atoms with E-state index in [9.17, 15) is 26.4 Å². The molecule has 4 fully saturated rings. The van der Waals surface area contributed by atoms with E-state index >= 15 is 0 Å². The Hall–Kier alpha value is -1.81. The van der Waals surface area contributed by atoms with Crippen molar-refractivity contribution in [1.29, 1.82) is 0 Å². The van der Waals surface area contributed by atoms with Crippen LogP contribution in [0.25, 0.3) is 0 Å². The number of nitrogens with two attached hydrogens (primary N) is 1. The first-order valence-electron chi connectivity index (χ1n) is 12.1. The maximum atomic E-state index is 13.1. The first-order chi connectivity index (χ1) is 15.9. The van der Waals surface area contributed by atoms with Crippen molar-refractivity contribution in [1.82, 2.24) is 9.62 Å². The van der Waals surface area contributed by atoms with Crippen LogP contribution in [-0.2, 0) is 16.2 Å². The summed E-state index contributed by atoms with van der Waals surface area (Å²) in [5.74, 6) is 3.37. The topological polar surface area (TPSA) is 92.5 Å². The molecule has 1 aliphatic heterocycles. The second kappa shape index (κ2) is 9.33. The molecule has 1 spiro atoms. The average molecular weight is 504 g/mol. The lowest BCUT2D eigenvalue weighted by Crippen LogP contribution is -2.44. The van der Waals surface area contributed by atoms with Gasteiger partial charge in [-0.1, -0.05) is 19.1 Å². The summed E-state index contributed by atoms with van der Waals surface area (Å²) >= 11 is 0. The summed E-state index contributed by atoms with van der Waals surface area (Å²) in [6.45, 7) is 2.57. The molecule has 0 radical (unpaired) electrons. The lowest BCUT2D eigenvalue weighted by molar-refractivity contribution is -0.139. The number of nitrogens with one attached hydrogen (secondary N) is 1. The molecular weight excluding hydrogens is 467 g/mol. The maximum absolute atomic E-state index is 13.1. The van der Waals surface area contributed by atoms with Gasteiger partial charge in [0, 0.05) is 20.6 Å². The van der Waals surface area contributed by atoms with E-state index in [4.69, 9.17) is 5.73 Å². The number of carbonyl (C=O) groups excluding carboxylic acids is 1. The van der Waals surface area contributed by atoms with Crippen molar-refractivity contribution in [2.45, 2.75) is 75.4 Å².